The molecule has 0 spiro atoms. The molecule has 0 amide bonds. The van der Waals surface area contributed by atoms with Crippen molar-refractivity contribution < 1.29 is 23.2 Å². The first-order valence-electron chi connectivity index (χ1n) is 8.22. The SMILES string of the molecule is Cc1cc([N+](=O)[O-])ccc1S(=O)(=O)NC(CCC(=O)O)Cc1ccccc1. The van der Waals surface area contributed by atoms with Crippen LogP contribution >= 0.6 is 0 Å². The molecule has 0 fully saturated rings. The highest BCUT2D eigenvalue weighted by Gasteiger charge is 2.24. The Hall–Kier alpha value is -2.78. The van der Waals surface area contributed by atoms with Crippen LogP contribution in [0.3, 0.4) is 0 Å². The number of benzene rings is 2. The summed E-state index contributed by atoms with van der Waals surface area (Å²) in [4.78, 5) is 21.1. The van der Waals surface area contributed by atoms with Crippen LogP contribution in [0.2, 0.25) is 0 Å². The lowest BCUT2D eigenvalue weighted by atomic mass is 10.0. The van der Waals surface area contributed by atoms with Gasteiger partial charge in [0, 0.05) is 24.6 Å². The normalized spacial score (nSPS) is 12.5. The third-order valence-electron chi connectivity index (χ3n) is 4.01. The summed E-state index contributed by atoms with van der Waals surface area (Å²) in [5.74, 6) is -1.02. The number of nitro groups is 1. The lowest BCUT2D eigenvalue weighted by Gasteiger charge is -2.19. The third kappa shape index (κ3) is 5.87. The Kier molecular flexibility index (Phi) is 6.65. The smallest absolute Gasteiger partial charge is 0.303 e. The fourth-order valence-corrected chi connectivity index (χ4v) is 4.23. The predicted molar refractivity (Wildman–Crippen MR) is 99.0 cm³/mol. The van der Waals surface area contributed by atoms with Gasteiger partial charge in [0.25, 0.3) is 5.69 Å². The van der Waals surface area contributed by atoms with Crippen molar-refractivity contribution in [1.29, 1.82) is 0 Å². The Balaban J connectivity index is 2.25. The second-order valence-electron chi connectivity index (χ2n) is 6.15. The van der Waals surface area contributed by atoms with E-state index in [2.05, 4.69) is 4.72 Å². The van der Waals surface area contributed by atoms with Crippen molar-refractivity contribution >= 4 is 21.7 Å². The van der Waals surface area contributed by atoms with Gasteiger partial charge in [-0.05, 0) is 37.0 Å². The van der Waals surface area contributed by atoms with Gasteiger partial charge in [0.2, 0.25) is 10.0 Å². The molecule has 0 bridgehead atoms. The molecule has 0 aliphatic carbocycles. The van der Waals surface area contributed by atoms with E-state index in [0.717, 1.165) is 11.6 Å². The van der Waals surface area contributed by atoms with Gasteiger partial charge < -0.3 is 5.11 Å². The van der Waals surface area contributed by atoms with Gasteiger partial charge in [0.1, 0.15) is 0 Å². The first kappa shape index (κ1) is 20.5. The number of sulfonamides is 1. The van der Waals surface area contributed by atoms with Crippen molar-refractivity contribution in [3.05, 3.63) is 69.8 Å². The third-order valence-corrected chi connectivity index (χ3v) is 5.69. The highest BCUT2D eigenvalue weighted by Crippen LogP contribution is 2.22. The van der Waals surface area contributed by atoms with E-state index in [-0.39, 0.29) is 29.0 Å². The molecule has 2 aromatic rings. The number of carboxylic acids is 1. The van der Waals surface area contributed by atoms with E-state index in [9.17, 15) is 23.3 Å². The number of carbonyl (C=O) groups is 1. The molecular formula is C18H20N2O6S. The van der Waals surface area contributed by atoms with E-state index >= 15 is 0 Å². The predicted octanol–water partition coefficient (Wildman–Crippen LogP) is 2.66. The molecule has 0 heterocycles. The average molecular weight is 392 g/mol. The summed E-state index contributed by atoms with van der Waals surface area (Å²) in [6.45, 7) is 1.48. The van der Waals surface area contributed by atoms with Crippen molar-refractivity contribution in [2.75, 3.05) is 0 Å². The topological polar surface area (TPSA) is 127 Å². The molecule has 0 radical (unpaired) electrons. The maximum atomic E-state index is 12.8. The number of aryl methyl sites for hydroxylation is 1. The van der Waals surface area contributed by atoms with Crippen LogP contribution in [-0.2, 0) is 21.2 Å². The molecule has 0 aliphatic heterocycles. The molecule has 0 saturated heterocycles. The van der Waals surface area contributed by atoms with E-state index in [1.807, 2.05) is 30.3 Å². The van der Waals surface area contributed by atoms with Crippen molar-refractivity contribution in [1.82, 2.24) is 4.72 Å². The van der Waals surface area contributed by atoms with Crippen LogP contribution in [0.25, 0.3) is 0 Å². The molecule has 27 heavy (non-hydrogen) atoms. The highest BCUT2D eigenvalue weighted by molar-refractivity contribution is 7.89. The number of carboxylic acid groups (broad SMARTS) is 1. The van der Waals surface area contributed by atoms with E-state index < -0.39 is 27.0 Å². The molecule has 1 unspecified atom stereocenters. The van der Waals surface area contributed by atoms with E-state index in [4.69, 9.17) is 5.11 Å². The summed E-state index contributed by atoms with van der Waals surface area (Å²) in [6.07, 6.45) is 0.272. The fraction of sp³-hybridized carbons (Fsp3) is 0.278. The lowest BCUT2D eigenvalue weighted by molar-refractivity contribution is -0.385. The first-order valence-corrected chi connectivity index (χ1v) is 9.70. The van der Waals surface area contributed by atoms with Gasteiger partial charge in [-0.25, -0.2) is 13.1 Å². The van der Waals surface area contributed by atoms with Gasteiger partial charge in [-0.1, -0.05) is 30.3 Å². The maximum absolute atomic E-state index is 12.8. The highest BCUT2D eigenvalue weighted by atomic mass is 32.2. The summed E-state index contributed by atoms with van der Waals surface area (Å²) in [5.41, 5.74) is 0.919. The summed E-state index contributed by atoms with van der Waals surface area (Å²) in [7, 11) is -3.97. The molecule has 0 aliphatic rings. The van der Waals surface area contributed by atoms with Crippen molar-refractivity contribution in [3.63, 3.8) is 0 Å². The second kappa shape index (κ2) is 8.74. The first-order chi connectivity index (χ1) is 12.7. The van der Waals surface area contributed by atoms with Crippen LogP contribution in [0.5, 0.6) is 0 Å². The van der Waals surface area contributed by atoms with Crippen molar-refractivity contribution in [2.45, 2.75) is 37.1 Å². The Bertz CT molecular complexity index is 928. The zero-order valence-corrected chi connectivity index (χ0v) is 15.5. The minimum Gasteiger partial charge on any atom is -0.481 e. The average Bonchev–Trinajstić information content (AvgIpc) is 2.60. The van der Waals surface area contributed by atoms with E-state index in [1.165, 1.54) is 19.1 Å². The van der Waals surface area contributed by atoms with Crippen LogP contribution in [0.1, 0.15) is 24.0 Å². The van der Waals surface area contributed by atoms with Crippen LogP contribution < -0.4 is 4.72 Å². The van der Waals surface area contributed by atoms with Gasteiger partial charge >= 0.3 is 5.97 Å². The quantitative estimate of drug-likeness (QED) is 0.499. The van der Waals surface area contributed by atoms with Gasteiger partial charge in [-0.15, -0.1) is 0 Å². The molecule has 2 N–H and O–H groups in total. The molecule has 144 valence electrons. The molecule has 1 atom stereocenters. The maximum Gasteiger partial charge on any atom is 0.303 e. The number of aliphatic carboxylic acids is 1. The monoisotopic (exact) mass is 392 g/mol. The second-order valence-corrected chi connectivity index (χ2v) is 7.83. The molecular weight excluding hydrogens is 372 g/mol. The standard InChI is InChI=1S/C18H20N2O6S/c1-13-11-16(20(23)24)8-9-17(13)27(25,26)19-15(7-10-18(21)22)12-14-5-3-2-4-6-14/h2-6,8-9,11,15,19H,7,10,12H2,1H3,(H,21,22). The minimum absolute atomic E-state index is 0.0681. The summed E-state index contributed by atoms with van der Waals surface area (Å²) in [6, 6.07) is 12.0. The molecule has 9 heteroatoms. The molecule has 2 rings (SSSR count). The van der Waals surface area contributed by atoms with Crippen molar-refractivity contribution in [2.24, 2.45) is 0 Å². The van der Waals surface area contributed by atoms with E-state index in [1.54, 1.807) is 0 Å². The zero-order chi connectivity index (χ0) is 20.0. The molecule has 2 aromatic carbocycles. The van der Waals surface area contributed by atoms with Crippen LogP contribution in [0, 0.1) is 17.0 Å². The van der Waals surface area contributed by atoms with Gasteiger partial charge in [-0.3, -0.25) is 14.9 Å². The van der Waals surface area contributed by atoms with Crippen LogP contribution in [0.15, 0.2) is 53.4 Å². The number of rotatable bonds is 9. The van der Waals surface area contributed by atoms with Gasteiger partial charge in [0.05, 0.1) is 9.82 Å². The summed E-state index contributed by atoms with van der Waals surface area (Å²) >= 11 is 0. The number of non-ortho nitro benzene ring substituents is 1. The number of nitrogens with zero attached hydrogens (tertiary/aromatic N) is 1. The Morgan fingerprint density at radius 2 is 1.89 bits per heavy atom. The number of hydrogen-bond acceptors (Lipinski definition) is 5. The van der Waals surface area contributed by atoms with E-state index in [0.29, 0.717) is 6.42 Å². The molecule has 0 saturated carbocycles. The summed E-state index contributed by atoms with van der Waals surface area (Å²) < 4.78 is 28.0. The number of nitro benzene ring substituents is 1. The van der Waals surface area contributed by atoms with Crippen molar-refractivity contribution in [3.8, 4) is 0 Å². The Morgan fingerprint density at radius 3 is 2.44 bits per heavy atom. The fourth-order valence-electron chi connectivity index (χ4n) is 2.73. The summed E-state index contributed by atoms with van der Waals surface area (Å²) in [5, 5.41) is 19.8. The molecule has 0 aromatic heterocycles. The van der Waals surface area contributed by atoms with Gasteiger partial charge in [0.15, 0.2) is 0 Å². The molecule has 8 nitrogen and oxygen atoms in total. The Labute approximate surface area is 157 Å². The number of nitrogens with one attached hydrogen (secondary N) is 1. The lowest BCUT2D eigenvalue weighted by Crippen LogP contribution is -2.37. The zero-order valence-electron chi connectivity index (χ0n) is 14.7. The van der Waals surface area contributed by atoms with Gasteiger partial charge in [-0.2, -0.15) is 0 Å². The van der Waals surface area contributed by atoms with Crippen LogP contribution in [-0.4, -0.2) is 30.5 Å². The van der Waals surface area contributed by atoms with Crippen LogP contribution in [0.4, 0.5) is 5.69 Å². The Morgan fingerprint density at radius 1 is 1.22 bits per heavy atom. The number of hydrogen-bond donors (Lipinski definition) is 2. The minimum atomic E-state index is -3.97. The largest absolute Gasteiger partial charge is 0.481 e.